The van der Waals surface area contributed by atoms with E-state index in [0.29, 0.717) is 6.04 Å². The molecular formula is C11H14BrNOS. The molecule has 1 unspecified atom stereocenters. The van der Waals surface area contributed by atoms with Gasteiger partial charge in [-0.05, 0) is 46.6 Å². The minimum atomic E-state index is 0.0463. The number of nitrogens with one attached hydrogen (secondary N) is 1. The van der Waals surface area contributed by atoms with Crippen LogP contribution in [0.1, 0.15) is 35.9 Å². The zero-order chi connectivity index (χ0) is 10.8. The van der Waals surface area contributed by atoms with Crippen LogP contribution in [0.5, 0.6) is 0 Å². The highest BCUT2D eigenvalue weighted by molar-refractivity contribution is 9.10. The summed E-state index contributed by atoms with van der Waals surface area (Å²) in [7, 11) is 0. The van der Waals surface area contributed by atoms with E-state index in [2.05, 4.69) is 28.2 Å². The Kier molecular flexibility index (Phi) is 3.46. The summed E-state index contributed by atoms with van der Waals surface area (Å²) in [6.07, 6.45) is 3.79. The lowest BCUT2D eigenvalue weighted by Gasteiger charge is -2.12. The topological polar surface area (TPSA) is 29.1 Å². The lowest BCUT2D eigenvalue weighted by Crippen LogP contribution is -2.32. The summed E-state index contributed by atoms with van der Waals surface area (Å²) in [6.45, 7) is 2.08. The molecule has 0 aromatic carbocycles. The summed E-state index contributed by atoms with van der Waals surface area (Å²) in [5, 5.41) is 4.96. The molecule has 1 atom stereocenters. The molecule has 0 spiro atoms. The molecule has 4 heteroatoms. The number of amides is 1. The molecule has 1 aliphatic rings. The first-order chi connectivity index (χ1) is 7.16. The molecule has 1 amide bonds. The van der Waals surface area contributed by atoms with Gasteiger partial charge in [-0.3, -0.25) is 4.79 Å². The van der Waals surface area contributed by atoms with Crippen molar-refractivity contribution in [2.45, 2.75) is 32.2 Å². The van der Waals surface area contributed by atoms with Gasteiger partial charge < -0.3 is 5.32 Å². The van der Waals surface area contributed by atoms with E-state index in [1.165, 1.54) is 24.2 Å². The first-order valence-electron chi connectivity index (χ1n) is 5.20. The van der Waals surface area contributed by atoms with E-state index >= 15 is 0 Å². The lowest BCUT2D eigenvalue weighted by molar-refractivity contribution is 0.0941. The SMILES string of the molecule is CC(CC1CC1)NC(=O)c1sccc1Br. The van der Waals surface area contributed by atoms with Crippen LogP contribution in [0.15, 0.2) is 15.9 Å². The van der Waals surface area contributed by atoms with Crippen molar-refractivity contribution < 1.29 is 4.79 Å². The molecule has 1 saturated carbocycles. The van der Waals surface area contributed by atoms with Gasteiger partial charge in [-0.2, -0.15) is 0 Å². The molecule has 0 aliphatic heterocycles. The van der Waals surface area contributed by atoms with Gasteiger partial charge in [0.2, 0.25) is 0 Å². The Morgan fingerprint density at radius 1 is 1.73 bits per heavy atom. The monoisotopic (exact) mass is 287 g/mol. The summed E-state index contributed by atoms with van der Waals surface area (Å²) < 4.78 is 0.892. The molecule has 0 bridgehead atoms. The standard InChI is InChI=1S/C11H14BrNOS/c1-7(6-8-2-3-8)13-11(14)10-9(12)4-5-15-10/h4-5,7-8H,2-3,6H2,1H3,(H,13,14). The summed E-state index contributed by atoms with van der Waals surface area (Å²) in [5.41, 5.74) is 0. The summed E-state index contributed by atoms with van der Waals surface area (Å²) in [6, 6.07) is 2.20. The first-order valence-corrected chi connectivity index (χ1v) is 6.88. The highest BCUT2D eigenvalue weighted by Gasteiger charge is 2.24. The number of hydrogen-bond donors (Lipinski definition) is 1. The molecule has 1 aromatic rings. The molecule has 2 rings (SSSR count). The molecule has 2 nitrogen and oxygen atoms in total. The van der Waals surface area contributed by atoms with Crippen LogP contribution in [0.3, 0.4) is 0 Å². The van der Waals surface area contributed by atoms with E-state index in [1.807, 2.05) is 11.4 Å². The zero-order valence-electron chi connectivity index (χ0n) is 8.63. The first kappa shape index (κ1) is 11.1. The van der Waals surface area contributed by atoms with Gasteiger partial charge in [0.05, 0.1) is 0 Å². The van der Waals surface area contributed by atoms with Crippen LogP contribution in [-0.4, -0.2) is 11.9 Å². The van der Waals surface area contributed by atoms with Crippen molar-refractivity contribution in [2.75, 3.05) is 0 Å². The Bertz CT molecular complexity index is 359. The number of rotatable bonds is 4. The largest absolute Gasteiger partial charge is 0.349 e. The van der Waals surface area contributed by atoms with Gasteiger partial charge in [0.1, 0.15) is 4.88 Å². The second-order valence-corrected chi connectivity index (χ2v) is 5.92. The Morgan fingerprint density at radius 3 is 3.00 bits per heavy atom. The van der Waals surface area contributed by atoms with Crippen LogP contribution in [0.2, 0.25) is 0 Å². The van der Waals surface area contributed by atoms with Crippen LogP contribution in [0, 0.1) is 5.92 Å². The van der Waals surface area contributed by atoms with Gasteiger partial charge in [-0.25, -0.2) is 0 Å². The fourth-order valence-electron chi connectivity index (χ4n) is 1.66. The van der Waals surface area contributed by atoms with Gasteiger partial charge in [-0.1, -0.05) is 12.8 Å². The quantitative estimate of drug-likeness (QED) is 0.903. The van der Waals surface area contributed by atoms with Crippen molar-refractivity contribution in [3.63, 3.8) is 0 Å². The second kappa shape index (κ2) is 4.66. The predicted octanol–water partition coefficient (Wildman–Crippen LogP) is 3.43. The maximum atomic E-state index is 11.8. The second-order valence-electron chi connectivity index (χ2n) is 4.15. The maximum Gasteiger partial charge on any atom is 0.262 e. The van der Waals surface area contributed by atoms with E-state index in [4.69, 9.17) is 0 Å². The van der Waals surface area contributed by atoms with E-state index in [0.717, 1.165) is 21.7 Å². The van der Waals surface area contributed by atoms with Gasteiger partial charge in [-0.15, -0.1) is 11.3 Å². The van der Waals surface area contributed by atoms with E-state index < -0.39 is 0 Å². The van der Waals surface area contributed by atoms with Gasteiger partial charge in [0.15, 0.2) is 0 Å². The Morgan fingerprint density at radius 2 is 2.47 bits per heavy atom. The summed E-state index contributed by atoms with van der Waals surface area (Å²) in [4.78, 5) is 12.6. The Labute approximate surface area is 102 Å². The van der Waals surface area contributed by atoms with Crippen molar-refractivity contribution in [1.82, 2.24) is 5.32 Å². The highest BCUT2D eigenvalue weighted by Crippen LogP contribution is 2.33. The Hall–Kier alpha value is -0.350. The zero-order valence-corrected chi connectivity index (χ0v) is 11.0. The molecule has 1 N–H and O–H groups in total. The van der Waals surface area contributed by atoms with Crippen LogP contribution in [-0.2, 0) is 0 Å². The maximum absolute atomic E-state index is 11.8. The summed E-state index contributed by atoms with van der Waals surface area (Å²) >= 11 is 4.84. The molecule has 1 heterocycles. The molecule has 0 saturated heterocycles. The molecule has 1 aliphatic carbocycles. The van der Waals surface area contributed by atoms with Gasteiger partial charge >= 0.3 is 0 Å². The van der Waals surface area contributed by atoms with Crippen molar-refractivity contribution in [1.29, 1.82) is 0 Å². The average Bonchev–Trinajstić information content (AvgIpc) is 2.85. The molecular weight excluding hydrogens is 274 g/mol. The van der Waals surface area contributed by atoms with Crippen molar-refractivity contribution in [3.05, 3.63) is 20.8 Å². The van der Waals surface area contributed by atoms with Crippen LogP contribution in [0.25, 0.3) is 0 Å². The predicted molar refractivity (Wildman–Crippen MR) is 66.3 cm³/mol. The Balaban J connectivity index is 1.88. The van der Waals surface area contributed by atoms with Crippen molar-refractivity contribution in [3.8, 4) is 0 Å². The minimum absolute atomic E-state index is 0.0463. The van der Waals surface area contributed by atoms with Gasteiger partial charge in [0, 0.05) is 10.5 Å². The molecule has 1 aromatic heterocycles. The van der Waals surface area contributed by atoms with Crippen LogP contribution >= 0.6 is 27.3 Å². The van der Waals surface area contributed by atoms with Crippen molar-refractivity contribution >= 4 is 33.2 Å². The fraction of sp³-hybridized carbons (Fsp3) is 0.545. The third-order valence-electron chi connectivity index (χ3n) is 2.58. The van der Waals surface area contributed by atoms with Crippen LogP contribution in [0.4, 0.5) is 0 Å². The fourth-order valence-corrected chi connectivity index (χ4v) is 3.11. The minimum Gasteiger partial charge on any atom is -0.349 e. The highest BCUT2D eigenvalue weighted by atomic mass is 79.9. The number of carbonyl (C=O) groups excluding carboxylic acids is 1. The smallest absolute Gasteiger partial charge is 0.262 e. The normalized spacial score (nSPS) is 17.5. The summed E-state index contributed by atoms with van der Waals surface area (Å²) in [5.74, 6) is 0.900. The third-order valence-corrected chi connectivity index (χ3v) is 4.42. The third kappa shape index (κ3) is 3.05. The molecule has 82 valence electrons. The van der Waals surface area contributed by atoms with Gasteiger partial charge in [0.25, 0.3) is 5.91 Å². The van der Waals surface area contributed by atoms with E-state index in [1.54, 1.807) is 0 Å². The average molecular weight is 288 g/mol. The lowest BCUT2D eigenvalue weighted by atomic mass is 10.1. The number of hydrogen-bond acceptors (Lipinski definition) is 2. The van der Waals surface area contributed by atoms with Crippen LogP contribution < -0.4 is 5.32 Å². The van der Waals surface area contributed by atoms with Crippen molar-refractivity contribution in [2.24, 2.45) is 5.92 Å². The molecule has 1 fully saturated rings. The molecule has 15 heavy (non-hydrogen) atoms. The number of halogens is 1. The van der Waals surface area contributed by atoms with E-state index in [-0.39, 0.29) is 5.91 Å². The molecule has 0 radical (unpaired) electrons. The number of thiophene rings is 1. The van der Waals surface area contributed by atoms with E-state index in [9.17, 15) is 4.79 Å². The number of carbonyl (C=O) groups is 1.